The number of hydrogen-bond donors (Lipinski definition) is 0. The molecule has 17 heavy (non-hydrogen) atoms. The third-order valence-electron chi connectivity index (χ3n) is 4.00. The van der Waals surface area contributed by atoms with E-state index >= 15 is 0 Å². The zero-order valence-corrected chi connectivity index (χ0v) is 11.7. The van der Waals surface area contributed by atoms with E-state index in [1.165, 1.54) is 55.6 Å². The lowest BCUT2D eigenvalue weighted by molar-refractivity contribution is 0.273. The lowest BCUT2D eigenvalue weighted by atomic mass is 10.2. The molecule has 3 heteroatoms. The molecule has 2 fully saturated rings. The molecule has 0 amide bonds. The van der Waals surface area contributed by atoms with Crippen LogP contribution in [0.25, 0.3) is 0 Å². The monoisotopic (exact) mass is 294 g/mol. The minimum absolute atomic E-state index is 0.782. The van der Waals surface area contributed by atoms with Gasteiger partial charge in [0.25, 0.3) is 0 Å². The predicted octanol–water partition coefficient (Wildman–Crippen LogP) is 3.12. The normalized spacial score (nSPS) is 25.7. The molecule has 1 aromatic rings. The molecule has 92 valence electrons. The number of para-hydroxylation sites is 1. The number of fused-ring (bicyclic) bond motifs is 1. The Labute approximate surface area is 112 Å². The van der Waals surface area contributed by atoms with Gasteiger partial charge < -0.3 is 4.90 Å². The first-order valence-corrected chi connectivity index (χ1v) is 7.37. The van der Waals surface area contributed by atoms with Gasteiger partial charge in [-0.2, -0.15) is 0 Å². The summed E-state index contributed by atoms with van der Waals surface area (Å²) in [4.78, 5) is 5.23. The van der Waals surface area contributed by atoms with Crippen molar-refractivity contribution in [3.8, 4) is 0 Å². The van der Waals surface area contributed by atoms with Crippen molar-refractivity contribution in [2.75, 3.05) is 31.1 Å². The molecule has 0 N–H and O–H groups in total. The Balaban J connectivity index is 1.81. The van der Waals surface area contributed by atoms with Gasteiger partial charge in [-0.05, 0) is 53.9 Å². The van der Waals surface area contributed by atoms with Crippen molar-refractivity contribution in [1.29, 1.82) is 0 Å². The van der Waals surface area contributed by atoms with Crippen LogP contribution in [0, 0.1) is 0 Å². The van der Waals surface area contributed by atoms with Crippen molar-refractivity contribution < 1.29 is 0 Å². The predicted molar refractivity (Wildman–Crippen MR) is 75.6 cm³/mol. The number of anilines is 1. The van der Waals surface area contributed by atoms with E-state index in [0.717, 1.165) is 6.04 Å². The Morgan fingerprint density at radius 2 is 1.88 bits per heavy atom. The average molecular weight is 295 g/mol. The van der Waals surface area contributed by atoms with E-state index in [9.17, 15) is 0 Å². The van der Waals surface area contributed by atoms with Crippen molar-refractivity contribution in [2.45, 2.75) is 25.3 Å². The molecule has 1 atom stereocenters. The van der Waals surface area contributed by atoms with E-state index < -0.39 is 0 Å². The third-order valence-corrected chi connectivity index (χ3v) is 4.67. The first kappa shape index (κ1) is 11.5. The van der Waals surface area contributed by atoms with Crippen LogP contribution in [-0.4, -0.2) is 37.1 Å². The molecular formula is C14H19BrN2. The minimum Gasteiger partial charge on any atom is -0.369 e. The number of benzene rings is 1. The van der Waals surface area contributed by atoms with Crippen LogP contribution in [-0.2, 0) is 0 Å². The summed E-state index contributed by atoms with van der Waals surface area (Å²) < 4.78 is 1.23. The lowest BCUT2D eigenvalue weighted by Gasteiger charge is -2.28. The second kappa shape index (κ2) is 4.99. The Hall–Kier alpha value is -0.540. The smallest absolute Gasteiger partial charge is 0.0511 e. The summed E-state index contributed by atoms with van der Waals surface area (Å²) in [5.74, 6) is 0. The first-order chi connectivity index (χ1) is 8.34. The second-order valence-corrected chi connectivity index (χ2v) is 5.94. The lowest BCUT2D eigenvalue weighted by Crippen LogP contribution is -2.36. The Bertz CT molecular complexity index is 394. The molecule has 0 bridgehead atoms. The fourth-order valence-corrected chi connectivity index (χ4v) is 3.67. The molecular weight excluding hydrogens is 276 g/mol. The van der Waals surface area contributed by atoms with E-state index in [1.54, 1.807) is 0 Å². The highest BCUT2D eigenvalue weighted by atomic mass is 79.9. The Kier molecular flexibility index (Phi) is 3.39. The molecule has 2 aliphatic rings. The molecule has 1 unspecified atom stereocenters. The summed E-state index contributed by atoms with van der Waals surface area (Å²) in [6.07, 6.45) is 4.05. The molecule has 0 radical (unpaired) electrons. The van der Waals surface area contributed by atoms with Crippen molar-refractivity contribution in [1.82, 2.24) is 4.90 Å². The Morgan fingerprint density at radius 1 is 1.06 bits per heavy atom. The highest BCUT2D eigenvalue weighted by Gasteiger charge is 2.29. The van der Waals surface area contributed by atoms with Crippen LogP contribution in [0.5, 0.6) is 0 Å². The number of halogens is 1. The first-order valence-electron chi connectivity index (χ1n) is 6.58. The van der Waals surface area contributed by atoms with Crippen LogP contribution >= 0.6 is 15.9 Å². The van der Waals surface area contributed by atoms with Gasteiger partial charge in [0.05, 0.1) is 5.69 Å². The second-order valence-electron chi connectivity index (χ2n) is 5.08. The van der Waals surface area contributed by atoms with Crippen LogP contribution in [0.3, 0.4) is 0 Å². The van der Waals surface area contributed by atoms with Gasteiger partial charge in [-0.15, -0.1) is 0 Å². The van der Waals surface area contributed by atoms with Gasteiger partial charge >= 0.3 is 0 Å². The topological polar surface area (TPSA) is 6.48 Å². The molecule has 0 aromatic heterocycles. The van der Waals surface area contributed by atoms with Crippen LogP contribution in [0.4, 0.5) is 5.69 Å². The molecule has 0 spiro atoms. The van der Waals surface area contributed by atoms with Gasteiger partial charge in [-0.1, -0.05) is 12.1 Å². The fraction of sp³-hybridized carbons (Fsp3) is 0.571. The highest BCUT2D eigenvalue weighted by Crippen LogP contribution is 2.29. The van der Waals surface area contributed by atoms with Crippen molar-refractivity contribution in [3.05, 3.63) is 28.7 Å². The summed E-state index contributed by atoms with van der Waals surface area (Å²) in [7, 11) is 0. The molecule has 2 nitrogen and oxygen atoms in total. The van der Waals surface area contributed by atoms with E-state index in [-0.39, 0.29) is 0 Å². The molecule has 0 aliphatic carbocycles. The standard InChI is InChI=1S/C14H19BrN2/c15-13-6-1-2-7-14(13)17-10-4-9-16-8-3-5-12(16)11-17/h1-2,6-7,12H,3-5,8-11H2. The molecule has 0 saturated carbocycles. The zero-order valence-electron chi connectivity index (χ0n) is 10.1. The van der Waals surface area contributed by atoms with Crippen LogP contribution < -0.4 is 4.90 Å². The average Bonchev–Trinajstić information content (AvgIpc) is 2.68. The zero-order chi connectivity index (χ0) is 11.7. The summed E-state index contributed by atoms with van der Waals surface area (Å²) >= 11 is 3.67. The van der Waals surface area contributed by atoms with Crippen LogP contribution in [0.15, 0.2) is 28.7 Å². The van der Waals surface area contributed by atoms with Crippen LogP contribution in [0.2, 0.25) is 0 Å². The summed E-state index contributed by atoms with van der Waals surface area (Å²) in [6.45, 7) is 4.98. The van der Waals surface area contributed by atoms with Gasteiger partial charge in [0.2, 0.25) is 0 Å². The van der Waals surface area contributed by atoms with Gasteiger partial charge in [-0.25, -0.2) is 0 Å². The number of nitrogens with zero attached hydrogens (tertiary/aromatic N) is 2. The van der Waals surface area contributed by atoms with Crippen LogP contribution in [0.1, 0.15) is 19.3 Å². The molecule has 2 saturated heterocycles. The summed E-state index contributed by atoms with van der Waals surface area (Å²) in [5, 5.41) is 0. The maximum atomic E-state index is 3.67. The maximum absolute atomic E-state index is 3.67. The van der Waals surface area contributed by atoms with Gasteiger partial charge in [-0.3, -0.25) is 4.90 Å². The van der Waals surface area contributed by atoms with Crippen molar-refractivity contribution >= 4 is 21.6 Å². The molecule has 1 aromatic carbocycles. The quantitative estimate of drug-likeness (QED) is 0.785. The molecule has 3 rings (SSSR count). The van der Waals surface area contributed by atoms with Gasteiger partial charge in [0, 0.05) is 30.1 Å². The SMILES string of the molecule is Brc1ccccc1N1CCCN2CCCC2C1. The van der Waals surface area contributed by atoms with E-state index in [0.29, 0.717) is 0 Å². The van der Waals surface area contributed by atoms with E-state index in [1.807, 2.05) is 0 Å². The maximum Gasteiger partial charge on any atom is 0.0511 e. The third kappa shape index (κ3) is 2.36. The fourth-order valence-electron chi connectivity index (χ4n) is 3.13. The molecule has 2 heterocycles. The van der Waals surface area contributed by atoms with E-state index in [4.69, 9.17) is 0 Å². The van der Waals surface area contributed by atoms with E-state index in [2.05, 4.69) is 50.0 Å². The summed E-state index contributed by atoms with van der Waals surface area (Å²) in [5.41, 5.74) is 1.36. The van der Waals surface area contributed by atoms with Crippen molar-refractivity contribution in [3.63, 3.8) is 0 Å². The largest absolute Gasteiger partial charge is 0.369 e. The summed E-state index contributed by atoms with van der Waals surface area (Å²) in [6, 6.07) is 9.39. The molecule has 2 aliphatic heterocycles. The number of rotatable bonds is 1. The number of hydrogen-bond acceptors (Lipinski definition) is 2. The minimum atomic E-state index is 0.782. The van der Waals surface area contributed by atoms with Gasteiger partial charge in [0.1, 0.15) is 0 Å². The van der Waals surface area contributed by atoms with Gasteiger partial charge in [0.15, 0.2) is 0 Å². The highest BCUT2D eigenvalue weighted by molar-refractivity contribution is 9.10. The Morgan fingerprint density at radius 3 is 2.76 bits per heavy atom. The van der Waals surface area contributed by atoms with Crippen molar-refractivity contribution in [2.24, 2.45) is 0 Å².